The molecular formula is C11H23N3O2. The zero-order valence-corrected chi connectivity index (χ0v) is 10.5. The van der Waals surface area contributed by atoms with Gasteiger partial charge in [0.15, 0.2) is 0 Å². The summed E-state index contributed by atoms with van der Waals surface area (Å²) in [5.74, 6) is 0. The molecule has 1 atom stereocenters. The molecule has 1 rings (SSSR count). The summed E-state index contributed by atoms with van der Waals surface area (Å²) in [5.41, 5.74) is 5.36. The van der Waals surface area contributed by atoms with Gasteiger partial charge in [0.2, 0.25) is 0 Å². The van der Waals surface area contributed by atoms with Crippen molar-refractivity contribution in [2.45, 2.75) is 38.8 Å². The number of nitrogens with two attached hydrogens (primary N) is 1. The van der Waals surface area contributed by atoms with Gasteiger partial charge in [-0.1, -0.05) is 0 Å². The summed E-state index contributed by atoms with van der Waals surface area (Å²) < 4.78 is 5.13. The second-order valence-corrected chi connectivity index (χ2v) is 5.28. The van der Waals surface area contributed by atoms with Crippen molar-refractivity contribution in [1.29, 1.82) is 0 Å². The number of nitrogens with one attached hydrogen (secondary N) is 1. The first kappa shape index (κ1) is 13.3. The van der Waals surface area contributed by atoms with Crippen LogP contribution in [0.1, 0.15) is 27.2 Å². The average Bonchev–Trinajstić information content (AvgIpc) is 2.48. The van der Waals surface area contributed by atoms with Gasteiger partial charge in [0.05, 0.1) is 0 Å². The van der Waals surface area contributed by atoms with Crippen LogP contribution in [0.4, 0.5) is 4.79 Å². The molecular weight excluding hydrogens is 206 g/mol. The quantitative estimate of drug-likeness (QED) is 0.741. The van der Waals surface area contributed by atoms with E-state index in [2.05, 4.69) is 10.2 Å². The second-order valence-electron chi connectivity index (χ2n) is 5.28. The molecule has 0 aromatic carbocycles. The number of ether oxygens (including phenoxy) is 1. The maximum Gasteiger partial charge on any atom is 0.407 e. The van der Waals surface area contributed by atoms with E-state index in [9.17, 15) is 4.79 Å². The van der Waals surface area contributed by atoms with E-state index in [1.807, 2.05) is 20.8 Å². The van der Waals surface area contributed by atoms with Gasteiger partial charge in [0, 0.05) is 25.7 Å². The highest BCUT2D eigenvalue weighted by Gasteiger charge is 2.19. The minimum Gasteiger partial charge on any atom is -0.444 e. The molecule has 1 amide bonds. The number of nitrogens with zero attached hydrogens (tertiary/aromatic N) is 1. The first-order chi connectivity index (χ1) is 7.37. The van der Waals surface area contributed by atoms with Gasteiger partial charge in [-0.25, -0.2) is 4.79 Å². The number of carbonyl (C=O) groups is 1. The number of amides is 1. The lowest BCUT2D eigenvalue weighted by atomic mass is 10.2. The van der Waals surface area contributed by atoms with Gasteiger partial charge < -0.3 is 15.8 Å². The Balaban J connectivity index is 2.09. The van der Waals surface area contributed by atoms with Crippen LogP contribution in [-0.4, -0.2) is 48.8 Å². The molecule has 0 aliphatic carbocycles. The zero-order chi connectivity index (χ0) is 12.2. The highest BCUT2D eigenvalue weighted by atomic mass is 16.6. The smallest absolute Gasteiger partial charge is 0.407 e. The van der Waals surface area contributed by atoms with Crippen molar-refractivity contribution in [2.24, 2.45) is 5.73 Å². The van der Waals surface area contributed by atoms with Gasteiger partial charge in [-0.3, -0.25) is 4.90 Å². The Hall–Kier alpha value is -0.810. The van der Waals surface area contributed by atoms with E-state index >= 15 is 0 Å². The Kier molecular flexibility index (Phi) is 4.56. The van der Waals surface area contributed by atoms with Gasteiger partial charge in [0.1, 0.15) is 5.60 Å². The monoisotopic (exact) mass is 229 g/mol. The fourth-order valence-corrected chi connectivity index (χ4v) is 1.70. The topological polar surface area (TPSA) is 67.6 Å². The number of hydrogen-bond donors (Lipinski definition) is 2. The maximum atomic E-state index is 11.3. The molecule has 3 N–H and O–H groups in total. The van der Waals surface area contributed by atoms with Crippen LogP contribution in [-0.2, 0) is 4.74 Å². The SMILES string of the molecule is CC(C)(C)OC(=O)NCCN1CC[C@@H](N)C1. The van der Waals surface area contributed by atoms with Gasteiger partial charge in [-0.05, 0) is 33.7 Å². The van der Waals surface area contributed by atoms with Crippen LogP contribution in [0.5, 0.6) is 0 Å². The molecule has 0 saturated carbocycles. The average molecular weight is 229 g/mol. The van der Waals surface area contributed by atoms with E-state index in [4.69, 9.17) is 10.5 Å². The molecule has 94 valence electrons. The summed E-state index contributed by atoms with van der Waals surface area (Å²) in [7, 11) is 0. The molecule has 0 spiro atoms. The molecule has 1 aliphatic heterocycles. The fourth-order valence-electron chi connectivity index (χ4n) is 1.70. The minimum absolute atomic E-state index is 0.293. The van der Waals surface area contributed by atoms with Crippen LogP contribution in [0.25, 0.3) is 0 Å². The third-order valence-electron chi connectivity index (χ3n) is 2.41. The summed E-state index contributed by atoms with van der Waals surface area (Å²) in [6.45, 7) is 8.96. The number of alkyl carbamates (subject to hydrolysis) is 1. The lowest BCUT2D eigenvalue weighted by molar-refractivity contribution is 0.0523. The first-order valence-electron chi connectivity index (χ1n) is 5.81. The molecule has 16 heavy (non-hydrogen) atoms. The highest BCUT2D eigenvalue weighted by molar-refractivity contribution is 5.67. The van der Waals surface area contributed by atoms with Crippen molar-refractivity contribution in [3.05, 3.63) is 0 Å². The summed E-state index contributed by atoms with van der Waals surface area (Å²) in [4.78, 5) is 13.6. The van der Waals surface area contributed by atoms with Gasteiger partial charge in [-0.2, -0.15) is 0 Å². The van der Waals surface area contributed by atoms with Crippen LogP contribution in [0.3, 0.4) is 0 Å². The van der Waals surface area contributed by atoms with Crippen molar-refractivity contribution in [2.75, 3.05) is 26.2 Å². The van der Waals surface area contributed by atoms with Crippen LogP contribution < -0.4 is 11.1 Å². The standard InChI is InChI=1S/C11H23N3O2/c1-11(2,3)16-10(15)13-5-7-14-6-4-9(12)8-14/h9H,4-8,12H2,1-3H3,(H,13,15)/t9-/m1/s1. The summed E-state index contributed by atoms with van der Waals surface area (Å²) in [6.07, 6.45) is 0.697. The Bertz CT molecular complexity index is 238. The van der Waals surface area contributed by atoms with E-state index in [1.165, 1.54) is 0 Å². The van der Waals surface area contributed by atoms with Crippen molar-refractivity contribution in [3.8, 4) is 0 Å². The van der Waals surface area contributed by atoms with E-state index in [0.717, 1.165) is 26.1 Å². The Morgan fingerprint density at radius 3 is 2.75 bits per heavy atom. The van der Waals surface area contributed by atoms with Crippen LogP contribution >= 0.6 is 0 Å². The Labute approximate surface area is 97.3 Å². The predicted octanol–water partition coefficient (Wildman–Crippen LogP) is 0.544. The molecule has 5 nitrogen and oxygen atoms in total. The Morgan fingerprint density at radius 2 is 2.25 bits per heavy atom. The van der Waals surface area contributed by atoms with Gasteiger partial charge in [0.25, 0.3) is 0 Å². The molecule has 0 bridgehead atoms. The van der Waals surface area contributed by atoms with E-state index < -0.39 is 5.60 Å². The number of likely N-dealkylation sites (tertiary alicyclic amines) is 1. The van der Waals surface area contributed by atoms with Crippen LogP contribution in [0.15, 0.2) is 0 Å². The summed E-state index contributed by atoms with van der Waals surface area (Å²) in [6, 6.07) is 0.293. The molecule has 0 aromatic heterocycles. The minimum atomic E-state index is -0.430. The molecule has 0 radical (unpaired) electrons. The lowest BCUT2D eigenvalue weighted by Crippen LogP contribution is -2.38. The van der Waals surface area contributed by atoms with Crippen LogP contribution in [0.2, 0.25) is 0 Å². The van der Waals surface area contributed by atoms with Crippen LogP contribution in [0, 0.1) is 0 Å². The predicted molar refractivity (Wildman–Crippen MR) is 63.3 cm³/mol. The lowest BCUT2D eigenvalue weighted by Gasteiger charge is -2.20. The fraction of sp³-hybridized carbons (Fsp3) is 0.909. The molecule has 5 heteroatoms. The number of rotatable bonds is 3. The molecule has 1 aliphatic rings. The third kappa shape index (κ3) is 5.32. The molecule has 1 fully saturated rings. The van der Waals surface area contributed by atoms with E-state index in [-0.39, 0.29) is 6.09 Å². The van der Waals surface area contributed by atoms with E-state index in [0.29, 0.717) is 12.6 Å². The normalized spacial score (nSPS) is 22.1. The summed E-state index contributed by atoms with van der Waals surface area (Å²) >= 11 is 0. The molecule has 0 unspecified atom stereocenters. The van der Waals surface area contributed by atoms with Crippen molar-refractivity contribution in [1.82, 2.24) is 10.2 Å². The maximum absolute atomic E-state index is 11.3. The second kappa shape index (κ2) is 5.50. The van der Waals surface area contributed by atoms with Gasteiger partial charge in [-0.15, -0.1) is 0 Å². The number of hydrogen-bond acceptors (Lipinski definition) is 4. The number of carbonyl (C=O) groups excluding carboxylic acids is 1. The van der Waals surface area contributed by atoms with E-state index in [1.54, 1.807) is 0 Å². The molecule has 1 heterocycles. The Morgan fingerprint density at radius 1 is 1.56 bits per heavy atom. The largest absolute Gasteiger partial charge is 0.444 e. The van der Waals surface area contributed by atoms with Crippen molar-refractivity contribution < 1.29 is 9.53 Å². The molecule has 1 saturated heterocycles. The van der Waals surface area contributed by atoms with Crippen molar-refractivity contribution in [3.63, 3.8) is 0 Å². The van der Waals surface area contributed by atoms with Crippen molar-refractivity contribution >= 4 is 6.09 Å². The summed E-state index contributed by atoms with van der Waals surface area (Å²) in [5, 5.41) is 2.74. The highest BCUT2D eigenvalue weighted by Crippen LogP contribution is 2.07. The zero-order valence-electron chi connectivity index (χ0n) is 10.5. The molecule has 0 aromatic rings. The first-order valence-corrected chi connectivity index (χ1v) is 5.81. The third-order valence-corrected chi connectivity index (χ3v) is 2.41. The van der Waals surface area contributed by atoms with Gasteiger partial charge >= 0.3 is 6.09 Å².